The Morgan fingerprint density at radius 1 is 1.50 bits per heavy atom. The number of alkyl halides is 3. The summed E-state index contributed by atoms with van der Waals surface area (Å²) in [5, 5.41) is 7.32. The van der Waals surface area contributed by atoms with Crippen LogP contribution in [0.25, 0.3) is 0 Å². The second-order valence-corrected chi connectivity index (χ2v) is 4.40. The Labute approximate surface area is 114 Å². The molecule has 0 aliphatic heterocycles. The van der Waals surface area contributed by atoms with Gasteiger partial charge in [0.25, 0.3) is 0 Å². The van der Waals surface area contributed by atoms with E-state index >= 15 is 0 Å². The molecule has 0 saturated carbocycles. The number of hydrogen-bond donors (Lipinski definition) is 1. The van der Waals surface area contributed by atoms with Crippen LogP contribution in [-0.4, -0.2) is 45.1 Å². The highest BCUT2D eigenvalue weighted by Crippen LogP contribution is 2.17. The highest BCUT2D eigenvalue weighted by Gasteiger charge is 2.32. The monoisotopic (exact) mass is 293 g/mol. The van der Waals surface area contributed by atoms with Crippen molar-refractivity contribution in [2.45, 2.75) is 39.0 Å². The number of rotatable bonds is 7. The van der Waals surface area contributed by atoms with Gasteiger partial charge in [0, 0.05) is 13.1 Å². The molecule has 6 nitrogen and oxygen atoms in total. The average molecular weight is 293 g/mol. The summed E-state index contributed by atoms with van der Waals surface area (Å²) >= 11 is 0. The molecule has 0 aromatic carbocycles. The Hall–Kier alpha value is -1.64. The number of nitrogens with zero attached hydrogens (tertiary/aromatic N) is 4. The van der Waals surface area contributed by atoms with Crippen LogP contribution in [0.15, 0.2) is 6.20 Å². The van der Waals surface area contributed by atoms with Crippen LogP contribution in [0.4, 0.5) is 13.2 Å². The summed E-state index contributed by atoms with van der Waals surface area (Å²) in [6, 6.07) is 0. The van der Waals surface area contributed by atoms with Crippen molar-refractivity contribution < 1.29 is 18.0 Å². The van der Waals surface area contributed by atoms with E-state index in [0.29, 0.717) is 18.5 Å². The number of amides is 1. The smallest absolute Gasteiger partial charge is 0.332 e. The maximum absolute atomic E-state index is 12.4. The Morgan fingerprint density at radius 3 is 2.70 bits per heavy atom. The average Bonchev–Trinajstić information content (AvgIpc) is 2.80. The first-order chi connectivity index (χ1) is 9.35. The number of halogens is 3. The van der Waals surface area contributed by atoms with Crippen LogP contribution in [0.2, 0.25) is 0 Å². The third kappa shape index (κ3) is 5.55. The number of hydrogen-bond acceptors (Lipinski definition) is 4. The van der Waals surface area contributed by atoms with Crippen molar-refractivity contribution in [1.29, 1.82) is 0 Å². The van der Waals surface area contributed by atoms with Crippen LogP contribution < -0.4 is 5.73 Å². The Kier molecular flexibility index (Phi) is 5.93. The minimum atomic E-state index is -4.41. The molecule has 0 aliphatic carbocycles. The lowest BCUT2D eigenvalue weighted by molar-refractivity contribution is -0.161. The van der Waals surface area contributed by atoms with Crippen molar-refractivity contribution in [3.8, 4) is 0 Å². The molecule has 114 valence electrons. The fraction of sp³-hybridized carbons (Fsp3) is 0.727. The maximum Gasteiger partial charge on any atom is 0.406 e. The van der Waals surface area contributed by atoms with Gasteiger partial charge in [-0.2, -0.15) is 13.2 Å². The minimum Gasteiger partial charge on any atom is -0.332 e. The number of carbonyl (C=O) groups is 1. The van der Waals surface area contributed by atoms with Gasteiger partial charge in [0.05, 0.1) is 11.9 Å². The molecular weight excluding hydrogens is 275 g/mol. The second-order valence-electron chi connectivity index (χ2n) is 4.40. The molecule has 1 rings (SSSR count). The van der Waals surface area contributed by atoms with Crippen LogP contribution in [-0.2, 0) is 17.9 Å². The van der Waals surface area contributed by atoms with Gasteiger partial charge in [-0.25, -0.2) is 4.68 Å². The molecule has 1 aromatic rings. The molecule has 0 unspecified atom stereocenters. The first-order valence-electron chi connectivity index (χ1n) is 6.29. The fourth-order valence-corrected chi connectivity index (χ4v) is 1.61. The lowest BCUT2D eigenvalue weighted by atomic mass is 10.3. The van der Waals surface area contributed by atoms with E-state index in [1.165, 1.54) is 10.9 Å². The van der Waals surface area contributed by atoms with Gasteiger partial charge in [0.15, 0.2) is 0 Å². The summed E-state index contributed by atoms with van der Waals surface area (Å²) in [5.74, 6) is -0.635. The lowest BCUT2D eigenvalue weighted by Crippen LogP contribution is -2.41. The van der Waals surface area contributed by atoms with E-state index in [1.54, 1.807) is 0 Å². The largest absolute Gasteiger partial charge is 0.406 e. The van der Waals surface area contributed by atoms with Crippen molar-refractivity contribution in [3.05, 3.63) is 11.9 Å². The number of nitrogens with two attached hydrogens (primary N) is 1. The first kappa shape index (κ1) is 16.4. The van der Waals surface area contributed by atoms with Crippen LogP contribution in [0.3, 0.4) is 0 Å². The summed E-state index contributed by atoms with van der Waals surface area (Å²) in [5.41, 5.74) is 5.82. The molecule has 9 heteroatoms. The highest BCUT2D eigenvalue weighted by atomic mass is 19.4. The van der Waals surface area contributed by atoms with E-state index in [9.17, 15) is 18.0 Å². The van der Waals surface area contributed by atoms with Crippen molar-refractivity contribution in [2.24, 2.45) is 5.73 Å². The lowest BCUT2D eigenvalue weighted by Gasteiger charge is -2.23. The molecule has 0 atom stereocenters. The topological polar surface area (TPSA) is 77.0 Å². The van der Waals surface area contributed by atoms with Crippen molar-refractivity contribution in [2.75, 3.05) is 13.1 Å². The molecule has 0 saturated heterocycles. The summed E-state index contributed by atoms with van der Waals surface area (Å²) in [6.07, 6.45) is -1.73. The zero-order chi connectivity index (χ0) is 15.2. The van der Waals surface area contributed by atoms with Gasteiger partial charge in [-0.1, -0.05) is 18.6 Å². The summed E-state index contributed by atoms with van der Waals surface area (Å²) in [4.78, 5) is 12.7. The van der Waals surface area contributed by atoms with Gasteiger partial charge in [0.1, 0.15) is 13.1 Å². The van der Waals surface area contributed by atoms with E-state index < -0.39 is 18.6 Å². The molecule has 0 bridgehead atoms. The highest BCUT2D eigenvalue weighted by molar-refractivity contribution is 5.75. The molecule has 1 heterocycles. The van der Waals surface area contributed by atoms with Gasteiger partial charge >= 0.3 is 6.18 Å². The minimum absolute atomic E-state index is 0.0767. The van der Waals surface area contributed by atoms with E-state index in [2.05, 4.69) is 10.3 Å². The van der Waals surface area contributed by atoms with E-state index in [-0.39, 0.29) is 19.6 Å². The van der Waals surface area contributed by atoms with Crippen molar-refractivity contribution >= 4 is 5.91 Å². The molecule has 2 N–H and O–H groups in total. The van der Waals surface area contributed by atoms with E-state index in [1.807, 2.05) is 6.92 Å². The summed E-state index contributed by atoms with van der Waals surface area (Å²) in [6.45, 7) is 0.571. The molecule has 0 fully saturated rings. The second kappa shape index (κ2) is 7.22. The SMILES string of the molecule is CCCCN(CC(F)(F)F)C(=O)Cn1cc(CN)nn1. The quantitative estimate of drug-likeness (QED) is 0.811. The van der Waals surface area contributed by atoms with Crippen LogP contribution >= 0.6 is 0 Å². The Bertz CT molecular complexity index is 432. The van der Waals surface area contributed by atoms with Gasteiger partial charge in [-0.15, -0.1) is 5.10 Å². The van der Waals surface area contributed by atoms with Gasteiger partial charge in [-0.3, -0.25) is 4.79 Å². The molecule has 20 heavy (non-hydrogen) atoms. The van der Waals surface area contributed by atoms with Gasteiger partial charge in [0.2, 0.25) is 5.91 Å². The maximum atomic E-state index is 12.4. The zero-order valence-corrected chi connectivity index (χ0v) is 11.2. The number of carbonyl (C=O) groups excluding carboxylic acids is 1. The first-order valence-corrected chi connectivity index (χ1v) is 6.29. The Morgan fingerprint density at radius 2 is 2.20 bits per heavy atom. The van der Waals surface area contributed by atoms with E-state index in [0.717, 1.165) is 4.90 Å². The van der Waals surface area contributed by atoms with Gasteiger partial charge < -0.3 is 10.6 Å². The third-order valence-corrected chi connectivity index (χ3v) is 2.60. The molecule has 0 aliphatic rings. The molecule has 0 spiro atoms. The molecule has 1 amide bonds. The van der Waals surface area contributed by atoms with Crippen LogP contribution in [0.1, 0.15) is 25.5 Å². The van der Waals surface area contributed by atoms with Crippen molar-refractivity contribution in [1.82, 2.24) is 19.9 Å². The normalized spacial score (nSPS) is 11.7. The Balaban J connectivity index is 2.66. The third-order valence-electron chi connectivity index (χ3n) is 2.60. The number of unbranched alkanes of at least 4 members (excludes halogenated alkanes) is 1. The summed E-state index contributed by atoms with van der Waals surface area (Å²) < 4.78 is 38.5. The van der Waals surface area contributed by atoms with Crippen molar-refractivity contribution in [3.63, 3.8) is 0 Å². The fourth-order valence-electron chi connectivity index (χ4n) is 1.61. The number of aromatic nitrogens is 3. The van der Waals surface area contributed by atoms with Crippen LogP contribution in [0, 0.1) is 0 Å². The molecule has 1 aromatic heterocycles. The molecule has 0 radical (unpaired) electrons. The van der Waals surface area contributed by atoms with Gasteiger partial charge in [-0.05, 0) is 6.42 Å². The molecular formula is C11H18F3N5O. The van der Waals surface area contributed by atoms with Crippen LogP contribution in [0.5, 0.6) is 0 Å². The zero-order valence-electron chi connectivity index (χ0n) is 11.2. The predicted octanol–water partition coefficient (Wildman–Crippen LogP) is 0.928. The summed E-state index contributed by atoms with van der Waals surface area (Å²) in [7, 11) is 0. The standard InChI is InChI=1S/C11H18F3N5O/c1-2-3-4-18(8-11(12,13)14)10(20)7-19-6-9(5-15)16-17-19/h6H,2-5,7-8,15H2,1H3. The van der Waals surface area contributed by atoms with E-state index in [4.69, 9.17) is 5.73 Å². The predicted molar refractivity (Wildman–Crippen MR) is 65.5 cm³/mol.